The molecule has 1 amide bonds. The zero-order valence-electron chi connectivity index (χ0n) is 10.8. The second kappa shape index (κ2) is 6.91. The first kappa shape index (κ1) is 14.3. The van der Waals surface area contributed by atoms with Gasteiger partial charge < -0.3 is 9.73 Å². The average molecular weight is 336 g/mol. The Morgan fingerprint density at radius 1 is 1.35 bits per heavy atom. The Hall–Kier alpha value is -2.08. The minimum absolute atomic E-state index is 0.226. The molecule has 5 nitrogen and oxygen atoms in total. The Morgan fingerprint density at radius 2 is 2.10 bits per heavy atom. The number of carbonyl (C=O) groups excluding carboxylic acids is 1. The Morgan fingerprint density at radius 3 is 2.75 bits per heavy atom. The molecule has 0 radical (unpaired) electrons. The minimum atomic E-state index is -0.398. The van der Waals surface area contributed by atoms with Crippen molar-refractivity contribution in [1.82, 2.24) is 5.43 Å². The number of amides is 1. The summed E-state index contributed by atoms with van der Waals surface area (Å²) in [5.74, 6) is 0.356. The molecule has 1 atom stereocenters. The van der Waals surface area contributed by atoms with Gasteiger partial charge in [0.1, 0.15) is 11.8 Å². The molecule has 0 aliphatic heterocycles. The molecule has 0 spiro atoms. The van der Waals surface area contributed by atoms with Crippen molar-refractivity contribution in [3.8, 4) is 0 Å². The summed E-state index contributed by atoms with van der Waals surface area (Å²) in [7, 11) is 0. The van der Waals surface area contributed by atoms with Crippen molar-refractivity contribution in [2.75, 3.05) is 5.32 Å². The predicted octanol–water partition coefficient (Wildman–Crippen LogP) is 2.99. The summed E-state index contributed by atoms with van der Waals surface area (Å²) in [6.07, 6.45) is 2.99. The summed E-state index contributed by atoms with van der Waals surface area (Å²) < 4.78 is 6.05. The van der Waals surface area contributed by atoms with Crippen LogP contribution >= 0.6 is 15.9 Å². The molecule has 0 saturated carbocycles. The predicted molar refractivity (Wildman–Crippen MR) is 81.7 cm³/mol. The summed E-state index contributed by atoms with van der Waals surface area (Å²) in [5.41, 5.74) is 3.32. The Labute approximate surface area is 125 Å². The summed E-state index contributed by atoms with van der Waals surface area (Å²) in [5, 5.41) is 6.91. The maximum Gasteiger partial charge on any atom is 0.262 e. The first-order chi connectivity index (χ1) is 9.65. The smallest absolute Gasteiger partial charge is 0.262 e. The van der Waals surface area contributed by atoms with Crippen molar-refractivity contribution >= 4 is 33.7 Å². The lowest BCUT2D eigenvalue weighted by atomic mass is 10.2. The van der Waals surface area contributed by atoms with E-state index in [9.17, 15) is 4.79 Å². The van der Waals surface area contributed by atoms with Gasteiger partial charge in [-0.1, -0.05) is 15.9 Å². The molecule has 0 fully saturated rings. The molecular weight excluding hydrogens is 322 g/mol. The summed E-state index contributed by atoms with van der Waals surface area (Å²) >= 11 is 3.36. The lowest BCUT2D eigenvalue weighted by Crippen LogP contribution is -2.34. The third-order valence-corrected chi connectivity index (χ3v) is 3.06. The van der Waals surface area contributed by atoms with Gasteiger partial charge in [0.25, 0.3) is 5.91 Å². The van der Waals surface area contributed by atoms with E-state index in [0.29, 0.717) is 5.76 Å². The number of nitrogens with one attached hydrogen (secondary N) is 2. The second-order valence-electron chi connectivity index (χ2n) is 4.12. The van der Waals surface area contributed by atoms with E-state index in [0.717, 1.165) is 10.2 Å². The van der Waals surface area contributed by atoms with Crippen LogP contribution in [0.15, 0.2) is 56.7 Å². The van der Waals surface area contributed by atoms with Crippen molar-refractivity contribution in [1.29, 1.82) is 0 Å². The molecule has 0 bridgehead atoms. The third-order valence-electron chi connectivity index (χ3n) is 2.53. The first-order valence-electron chi connectivity index (χ1n) is 6.03. The average Bonchev–Trinajstić information content (AvgIpc) is 2.94. The van der Waals surface area contributed by atoms with Crippen molar-refractivity contribution in [2.45, 2.75) is 13.0 Å². The van der Waals surface area contributed by atoms with Crippen LogP contribution < -0.4 is 10.7 Å². The third kappa shape index (κ3) is 4.24. The van der Waals surface area contributed by atoms with Gasteiger partial charge in [0.15, 0.2) is 0 Å². The fourth-order valence-electron chi connectivity index (χ4n) is 1.48. The molecule has 0 aliphatic carbocycles. The molecule has 0 unspecified atom stereocenters. The SMILES string of the molecule is C[C@H](Nc1ccc(Br)cc1)C(=O)N/N=C\c1ccco1. The summed E-state index contributed by atoms with van der Waals surface area (Å²) in [4.78, 5) is 11.8. The number of hydrogen-bond donors (Lipinski definition) is 2. The maximum absolute atomic E-state index is 11.8. The van der Waals surface area contributed by atoms with E-state index < -0.39 is 6.04 Å². The fourth-order valence-corrected chi connectivity index (χ4v) is 1.75. The van der Waals surface area contributed by atoms with E-state index in [1.165, 1.54) is 6.21 Å². The number of benzene rings is 1. The van der Waals surface area contributed by atoms with Crippen LogP contribution in [0.25, 0.3) is 0 Å². The second-order valence-corrected chi connectivity index (χ2v) is 5.04. The molecule has 1 aromatic carbocycles. The quantitative estimate of drug-likeness (QED) is 0.652. The zero-order chi connectivity index (χ0) is 14.4. The van der Waals surface area contributed by atoms with Crippen molar-refractivity contribution in [3.63, 3.8) is 0 Å². The fraction of sp³-hybridized carbons (Fsp3) is 0.143. The van der Waals surface area contributed by atoms with Gasteiger partial charge >= 0.3 is 0 Å². The molecule has 20 heavy (non-hydrogen) atoms. The van der Waals surface area contributed by atoms with Crippen molar-refractivity contribution in [3.05, 3.63) is 52.9 Å². The molecule has 6 heteroatoms. The van der Waals surface area contributed by atoms with Crippen LogP contribution in [0, 0.1) is 0 Å². The van der Waals surface area contributed by atoms with Crippen molar-refractivity contribution in [2.24, 2.45) is 5.10 Å². The Kier molecular flexibility index (Phi) is 4.95. The molecule has 1 aromatic heterocycles. The number of rotatable bonds is 5. The van der Waals surface area contributed by atoms with Crippen LogP contribution in [0.4, 0.5) is 5.69 Å². The lowest BCUT2D eigenvalue weighted by Gasteiger charge is -2.13. The van der Waals surface area contributed by atoms with Crippen LogP contribution in [0.3, 0.4) is 0 Å². The van der Waals surface area contributed by atoms with Gasteiger partial charge in [-0.2, -0.15) is 5.10 Å². The van der Waals surface area contributed by atoms with Gasteiger partial charge in [-0.15, -0.1) is 0 Å². The highest BCUT2D eigenvalue weighted by Gasteiger charge is 2.11. The van der Waals surface area contributed by atoms with Crippen molar-refractivity contribution < 1.29 is 9.21 Å². The van der Waals surface area contributed by atoms with Gasteiger partial charge in [0.05, 0.1) is 12.5 Å². The van der Waals surface area contributed by atoms with Crippen LogP contribution in [-0.4, -0.2) is 18.2 Å². The summed E-state index contributed by atoms with van der Waals surface area (Å²) in [6.45, 7) is 1.76. The molecular formula is C14H14BrN3O2. The van der Waals surface area contributed by atoms with E-state index >= 15 is 0 Å². The van der Waals surface area contributed by atoms with Gasteiger partial charge in [-0.25, -0.2) is 5.43 Å². The number of hydrogen-bond acceptors (Lipinski definition) is 4. The number of carbonyl (C=O) groups is 1. The zero-order valence-corrected chi connectivity index (χ0v) is 12.4. The Balaban J connectivity index is 1.84. The Bertz CT molecular complexity index is 579. The number of hydrazone groups is 1. The normalized spacial score (nSPS) is 12.3. The van der Waals surface area contributed by atoms with Crippen LogP contribution in [0.2, 0.25) is 0 Å². The number of anilines is 1. The van der Waals surface area contributed by atoms with Gasteiger partial charge in [-0.05, 0) is 43.3 Å². The lowest BCUT2D eigenvalue weighted by molar-refractivity contribution is -0.121. The molecule has 2 N–H and O–H groups in total. The minimum Gasteiger partial charge on any atom is -0.463 e. The van der Waals surface area contributed by atoms with E-state index in [1.54, 1.807) is 25.3 Å². The van der Waals surface area contributed by atoms with Gasteiger partial charge in [0.2, 0.25) is 0 Å². The molecule has 104 valence electrons. The van der Waals surface area contributed by atoms with Gasteiger partial charge in [0, 0.05) is 10.2 Å². The van der Waals surface area contributed by atoms with Gasteiger partial charge in [-0.3, -0.25) is 4.79 Å². The van der Waals surface area contributed by atoms with E-state index in [1.807, 2.05) is 24.3 Å². The molecule has 0 aliphatic rings. The molecule has 0 saturated heterocycles. The highest BCUT2D eigenvalue weighted by molar-refractivity contribution is 9.10. The standard InChI is InChI=1S/C14H14BrN3O2/c1-10(17-12-6-4-11(15)5-7-12)14(19)18-16-9-13-3-2-8-20-13/h2-10,17H,1H3,(H,18,19)/b16-9-/t10-/m0/s1. The largest absolute Gasteiger partial charge is 0.463 e. The molecule has 2 rings (SSSR count). The number of nitrogens with zero attached hydrogens (tertiary/aromatic N) is 1. The first-order valence-corrected chi connectivity index (χ1v) is 6.83. The highest BCUT2D eigenvalue weighted by Crippen LogP contribution is 2.14. The van der Waals surface area contributed by atoms with Crippen LogP contribution in [-0.2, 0) is 4.79 Å². The van der Waals surface area contributed by atoms with E-state index in [2.05, 4.69) is 31.8 Å². The van der Waals surface area contributed by atoms with Crippen LogP contribution in [0.1, 0.15) is 12.7 Å². The molecule has 1 heterocycles. The van der Waals surface area contributed by atoms with E-state index in [-0.39, 0.29) is 5.91 Å². The number of halogens is 1. The monoisotopic (exact) mass is 335 g/mol. The number of furan rings is 1. The summed E-state index contributed by atoms with van der Waals surface area (Å²) in [6, 6.07) is 10.7. The highest BCUT2D eigenvalue weighted by atomic mass is 79.9. The topological polar surface area (TPSA) is 66.6 Å². The van der Waals surface area contributed by atoms with Crippen LogP contribution in [0.5, 0.6) is 0 Å². The molecule has 2 aromatic rings. The van der Waals surface area contributed by atoms with E-state index in [4.69, 9.17) is 4.42 Å². The maximum atomic E-state index is 11.8.